The summed E-state index contributed by atoms with van der Waals surface area (Å²) in [5, 5.41) is 6.54. The van der Waals surface area contributed by atoms with Crippen LogP contribution >= 0.6 is 0 Å². The predicted molar refractivity (Wildman–Crippen MR) is 77.1 cm³/mol. The number of likely N-dealkylation sites (tertiary alicyclic amines) is 1. The van der Waals surface area contributed by atoms with Gasteiger partial charge in [-0.3, -0.25) is 0 Å². The van der Waals surface area contributed by atoms with Gasteiger partial charge in [0, 0.05) is 31.5 Å². The van der Waals surface area contributed by atoms with Crippen molar-refractivity contribution in [2.45, 2.75) is 19.3 Å². The molecular weight excluding hydrogens is 224 g/mol. The number of hydrogen-bond acceptors (Lipinski definition) is 4. The molecule has 1 fully saturated rings. The van der Waals surface area contributed by atoms with Gasteiger partial charge in [0.15, 0.2) is 0 Å². The van der Waals surface area contributed by atoms with Crippen LogP contribution in [0, 0.1) is 5.92 Å². The first-order chi connectivity index (χ1) is 8.78. The Labute approximate surface area is 110 Å². The SMILES string of the molecule is CNc1cc(NCCC2CCN(C)CC2)ccn1. The van der Waals surface area contributed by atoms with Gasteiger partial charge in [-0.25, -0.2) is 4.98 Å². The van der Waals surface area contributed by atoms with Crippen LogP contribution in [0.15, 0.2) is 18.3 Å². The van der Waals surface area contributed by atoms with E-state index in [1.165, 1.54) is 32.4 Å². The average Bonchev–Trinajstić information content (AvgIpc) is 2.41. The van der Waals surface area contributed by atoms with E-state index in [0.29, 0.717) is 0 Å². The molecule has 1 aliphatic heterocycles. The maximum atomic E-state index is 4.21. The molecule has 4 nitrogen and oxygen atoms in total. The monoisotopic (exact) mass is 248 g/mol. The van der Waals surface area contributed by atoms with Crippen LogP contribution in [0.2, 0.25) is 0 Å². The summed E-state index contributed by atoms with van der Waals surface area (Å²) in [7, 11) is 4.11. The molecule has 0 atom stereocenters. The molecule has 1 aromatic rings. The molecule has 1 aromatic heterocycles. The molecule has 0 amide bonds. The van der Waals surface area contributed by atoms with E-state index in [-0.39, 0.29) is 0 Å². The summed E-state index contributed by atoms with van der Waals surface area (Å²) in [6, 6.07) is 4.07. The molecule has 4 heteroatoms. The average molecular weight is 248 g/mol. The summed E-state index contributed by atoms with van der Waals surface area (Å²) >= 11 is 0. The van der Waals surface area contributed by atoms with Crippen molar-refractivity contribution in [3.8, 4) is 0 Å². The zero-order valence-corrected chi connectivity index (χ0v) is 11.4. The summed E-state index contributed by atoms with van der Waals surface area (Å²) in [6.07, 6.45) is 5.79. The second kappa shape index (κ2) is 6.59. The van der Waals surface area contributed by atoms with Crippen molar-refractivity contribution in [3.05, 3.63) is 18.3 Å². The molecule has 18 heavy (non-hydrogen) atoms. The molecule has 2 heterocycles. The van der Waals surface area contributed by atoms with E-state index >= 15 is 0 Å². The van der Waals surface area contributed by atoms with Crippen molar-refractivity contribution < 1.29 is 0 Å². The number of piperidine rings is 1. The molecule has 1 saturated heterocycles. The lowest BCUT2D eigenvalue weighted by Crippen LogP contribution is -2.30. The van der Waals surface area contributed by atoms with E-state index in [9.17, 15) is 0 Å². The predicted octanol–water partition coefficient (Wildman–Crippen LogP) is 2.27. The molecule has 0 bridgehead atoms. The molecule has 0 unspecified atom stereocenters. The minimum absolute atomic E-state index is 0.888. The van der Waals surface area contributed by atoms with Gasteiger partial charge < -0.3 is 15.5 Å². The van der Waals surface area contributed by atoms with Gasteiger partial charge in [0.25, 0.3) is 0 Å². The zero-order chi connectivity index (χ0) is 12.8. The number of aromatic nitrogens is 1. The Kier molecular flexibility index (Phi) is 4.81. The second-order valence-electron chi connectivity index (χ2n) is 5.14. The van der Waals surface area contributed by atoms with Gasteiger partial charge in [-0.15, -0.1) is 0 Å². The highest BCUT2D eigenvalue weighted by Gasteiger charge is 2.15. The van der Waals surface area contributed by atoms with E-state index in [4.69, 9.17) is 0 Å². The Bertz CT molecular complexity index is 359. The molecule has 0 spiro atoms. The van der Waals surface area contributed by atoms with Crippen LogP contribution in [0.4, 0.5) is 11.5 Å². The third kappa shape index (κ3) is 3.88. The molecule has 0 radical (unpaired) electrons. The summed E-state index contributed by atoms with van der Waals surface area (Å²) < 4.78 is 0. The maximum Gasteiger partial charge on any atom is 0.127 e. The van der Waals surface area contributed by atoms with Crippen LogP contribution in [0.5, 0.6) is 0 Å². The van der Waals surface area contributed by atoms with Crippen LogP contribution in [0.3, 0.4) is 0 Å². The van der Waals surface area contributed by atoms with Crippen LogP contribution < -0.4 is 10.6 Å². The van der Waals surface area contributed by atoms with Crippen LogP contribution in [0.25, 0.3) is 0 Å². The second-order valence-corrected chi connectivity index (χ2v) is 5.14. The zero-order valence-electron chi connectivity index (χ0n) is 11.4. The first-order valence-corrected chi connectivity index (χ1v) is 6.84. The maximum absolute atomic E-state index is 4.21. The molecule has 1 aliphatic rings. The molecule has 100 valence electrons. The highest BCUT2D eigenvalue weighted by molar-refractivity contribution is 5.51. The summed E-state index contributed by atoms with van der Waals surface area (Å²) in [5.41, 5.74) is 1.15. The number of rotatable bonds is 5. The summed E-state index contributed by atoms with van der Waals surface area (Å²) in [5.74, 6) is 1.80. The van der Waals surface area contributed by atoms with Crippen LogP contribution in [-0.4, -0.2) is 43.6 Å². The number of nitrogens with zero attached hydrogens (tertiary/aromatic N) is 2. The van der Waals surface area contributed by atoms with Gasteiger partial charge in [-0.2, -0.15) is 0 Å². The molecule has 2 N–H and O–H groups in total. The van der Waals surface area contributed by atoms with Gasteiger partial charge in [0.2, 0.25) is 0 Å². The van der Waals surface area contributed by atoms with Gasteiger partial charge in [-0.05, 0) is 51.4 Å². The first kappa shape index (κ1) is 13.1. The van der Waals surface area contributed by atoms with Crippen LogP contribution in [-0.2, 0) is 0 Å². The van der Waals surface area contributed by atoms with E-state index in [2.05, 4.69) is 33.6 Å². The fourth-order valence-electron chi connectivity index (χ4n) is 2.45. The lowest BCUT2D eigenvalue weighted by Gasteiger charge is -2.29. The van der Waals surface area contributed by atoms with Gasteiger partial charge in [0.05, 0.1) is 0 Å². The fraction of sp³-hybridized carbons (Fsp3) is 0.643. The standard InChI is InChI=1S/C14H24N4/c1-15-14-11-13(4-8-17-14)16-7-3-12-5-9-18(2)10-6-12/h4,8,11-12H,3,5-7,9-10H2,1-2H3,(H2,15,16,17). The number of pyridine rings is 1. The Morgan fingerprint density at radius 1 is 1.39 bits per heavy atom. The topological polar surface area (TPSA) is 40.2 Å². The van der Waals surface area contributed by atoms with E-state index in [1.807, 2.05) is 19.3 Å². The number of anilines is 2. The molecule has 0 saturated carbocycles. The lowest BCUT2D eigenvalue weighted by molar-refractivity contribution is 0.215. The van der Waals surface area contributed by atoms with E-state index in [0.717, 1.165) is 24.0 Å². The third-order valence-corrected chi connectivity index (χ3v) is 3.74. The Morgan fingerprint density at radius 2 is 2.17 bits per heavy atom. The molecule has 2 rings (SSSR count). The Hall–Kier alpha value is -1.29. The molecule has 0 aliphatic carbocycles. The molecule has 0 aromatic carbocycles. The van der Waals surface area contributed by atoms with Crippen LogP contribution in [0.1, 0.15) is 19.3 Å². The Balaban J connectivity index is 1.71. The normalized spacial score (nSPS) is 17.7. The summed E-state index contributed by atoms with van der Waals surface area (Å²) in [6.45, 7) is 3.56. The van der Waals surface area contributed by atoms with Crippen molar-refractivity contribution in [2.24, 2.45) is 5.92 Å². The summed E-state index contributed by atoms with van der Waals surface area (Å²) in [4.78, 5) is 6.63. The lowest BCUT2D eigenvalue weighted by atomic mass is 9.94. The number of hydrogen-bond donors (Lipinski definition) is 2. The minimum Gasteiger partial charge on any atom is -0.385 e. The Morgan fingerprint density at radius 3 is 2.89 bits per heavy atom. The highest BCUT2D eigenvalue weighted by atomic mass is 15.1. The fourth-order valence-corrected chi connectivity index (χ4v) is 2.45. The van der Waals surface area contributed by atoms with Crippen molar-refractivity contribution in [2.75, 3.05) is 44.4 Å². The molecular formula is C14H24N4. The van der Waals surface area contributed by atoms with Gasteiger partial charge in [0.1, 0.15) is 5.82 Å². The highest BCUT2D eigenvalue weighted by Crippen LogP contribution is 2.20. The van der Waals surface area contributed by atoms with Gasteiger partial charge >= 0.3 is 0 Å². The quantitative estimate of drug-likeness (QED) is 0.838. The van der Waals surface area contributed by atoms with Crippen molar-refractivity contribution >= 4 is 11.5 Å². The van der Waals surface area contributed by atoms with Crippen molar-refractivity contribution in [1.29, 1.82) is 0 Å². The first-order valence-electron chi connectivity index (χ1n) is 6.84. The third-order valence-electron chi connectivity index (χ3n) is 3.74. The van der Waals surface area contributed by atoms with Crippen molar-refractivity contribution in [1.82, 2.24) is 9.88 Å². The minimum atomic E-state index is 0.888. The largest absolute Gasteiger partial charge is 0.385 e. The number of nitrogens with one attached hydrogen (secondary N) is 2. The van der Waals surface area contributed by atoms with Gasteiger partial charge in [-0.1, -0.05) is 0 Å². The smallest absolute Gasteiger partial charge is 0.127 e. The van der Waals surface area contributed by atoms with E-state index < -0.39 is 0 Å². The van der Waals surface area contributed by atoms with E-state index in [1.54, 1.807) is 0 Å². The van der Waals surface area contributed by atoms with Crippen molar-refractivity contribution in [3.63, 3.8) is 0 Å².